The number of hydrogen-bond acceptors (Lipinski definition) is 3. The molecule has 4 nitrogen and oxygen atoms in total. The quantitative estimate of drug-likeness (QED) is 0.875. The average molecular weight is 284 g/mol. The molecule has 21 heavy (non-hydrogen) atoms. The fourth-order valence-electron chi connectivity index (χ4n) is 3.22. The van der Waals surface area contributed by atoms with Crippen LogP contribution in [0.2, 0.25) is 0 Å². The summed E-state index contributed by atoms with van der Waals surface area (Å²) < 4.78 is 1.90. The van der Waals surface area contributed by atoms with E-state index in [1.807, 2.05) is 17.9 Å². The molecule has 2 heterocycles. The molecule has 2 aromatic heterocycles. The smallest absolute Gasteiger partial charge is 0.0626 e. The van der Waals surface area contributed by atoms with E-state index in [2.05, 4.69) is 40.7 Å². The first kappa shape index (κ1) is 14.3. The largest absolute Gasteiger partial charge is 0.314 e. The SMILES string of the molecule is Cc1nn(C)cc1CCNC1CCc2cccnc2CC1. The van der Waals surface area contributed by atoms with Gasteiger partial charge in [-0.25, -0.2) is 0 Å². The Morgan fingerprint density at radius 3 is 3.00 bits per heavy atom. The molecule has 1 N–H and O–H groups in total. The number of hydrogen-bond donors (Lipinski definition) is 1. The molecule has 0 spiro atoms. The van der Waals surface area contributed by atoms with Gasteiger partial charge in [0.2, 0.25) is 0 Å². The molecule has 1 atom stereocenters. The Hall–Kier alpha value is -1.68. The lowest BCUT2D eigenvalue weighted by Gasteiger charge is -2.15. The molecule has 0 fully saturated rings. The second-order valence-electron chi connectivity index (χ2n) is 6.00. The highest BCUT2D eigenvalue weighted by Crippen LogP contribution is 2.18. The molecule has 0 saturated heterocycles. The van der Waals surface area contributed by atoms with E-state index in [1.165, 1.54) is 29.7 Å². The Kier molecular flexibility index (Phi) is 4.34. The van der Waals surface area contributed by atoms with Crippen LogP contribution in [0, 0.1) is 6.92 Å². The van der Waals surface area contributed by atoms with E-state index < -0.39 is 0 Å². The van der Waals surface area contributed by atoms with Gasteiger partial charge in [-0.3, -0.25) is 9.67 Å². The van der Waals surface area contributed by atoms with Crippen LogP contribution in [-0.4, -0.2) is 27.4 Å². The van der Waals surface area contributed by atoms with Crippen LogP contribution in [0.5, 0.6) is 0 Å². The molecule has 4 heteroatoms. The number of nitrogens with one attached hydrogen (secondary N) is 1. The van der Waals surface area contributed by atoms with E-state index in [-0.39, 0.29) is 0 Å². The van der Waals surface area contributed by atoms with E-state index in [4.69, 9.17) is 0 Å². The fourth-order valence-corrected chi connectivity index (χ4v) is 3.22. The van der Waals surface area contributed by atoms with Gasteiger partial charge in [0.15, 0.2) is 0 Å². The summed E-state index contributed by atoms with van der Waals surface area (Å²) >= 11 is 0. The zero-order chi connectivity index (χ0) is 14.7. The molecule has 0 bridgehead atoms. The first-order valence-electron chi connectivity index (χ1n) is 7.87. The van der Waals surface area contributed by atoms with E-state index in [0.29, 0.717) is 6.04 Å². The minimum atomic E-state index is 0.608. The molecule has 3 rings (SSSR count). The molecule has 1 aliphatic rings. The summed E-state index contributed by atoms with van der Waals surface area (Å²) in [7, 11) is 1.99. The topological polar surface area (TPSA) is 42.7 Å². The third kappa shape index (κ3) is 3.50. The predicted octanol–water partition coefficient (Wildman–Crippen LogP) is 2.20. The molecular weight excluding hydrogens is 260 g/mol. The standard InChI is InChI=1S/C17H24N4/c1-13-15(12-21(2)20-13)9-11-18-16-6-5-14-4-3-10-19-17(14)8-7-16/h3-4,10,12,16,18H,5-9,11H2,1-2H3. The molecular formula is C17H24N4. The minimum Gasteiger partial charge on any atom is -0.314 e. The van der Waals surface area contributed by atoms with Crippen molar-refractivity contribution >= 4 is 0 Å². The second-order valence-corrected chi connectivity index (χ2v) is 6.00. The van der Waals surface area contributed by atoms with Crippen molar-refractivity contribution in [2.24, 2.45) is 7.05 Å². The van der Waals surface area contributed by atoms with Gasteiger partial charge in [-0.05, 0) is 62.8 Å². The Morgan fingerprint density at radius 1 is 1.33 bits per heavy atom. The van der Waals surface area contributed by atoms with E-state index in [9.17, 15) is 0 Å². The second kappa shape index (κ2) is 6.39. The van der Waals surface area contributed by atoms with Crippen molar-refractivity contribution in [2.45, 2.75) is 45.1 Å². The molecule has 0 aromatic carbocycles. The van der Waals surface area contributed by atoms with Gasteiger partial charge in [-0.15, -0.1) is 0 Å². The van der Waals surface area contributed by atoms with Crippen LogP contribution in [0.3, 0.4) is 0 Å². The lowest BCUT2D eigenvalue weighted by atomic mass is 10.1. The summed E-state index contributed by atoms with van der Waals surface area (Å²) in [4.78, 5) is 4.52. The van der Waals surface area contributed by atoms with Gasteiger partial charge in [-0.2, -0.15) is 5.10 Å². The average Bonchev–Trinajstić information content (AvgIpc) is 2.69. The molecule has 0 saturated carbocycles. The van der Waals surface area contributed by atoms with Crippen LogP contribution < -0.4 is 5.32 Å². The molecule has 2 aromatic rings. The maximum Gasteiger partial charge on any atom is 0.0626 e. The molecule has 112 valence electrons. The van der Waals surface area contributed by atoms with Crippen molar-refractivity contribution in [1.29, 1.82) is 0 Å². The number of nitrogens with zero attached hydrogens (tertiary/aromatic N) is 3. The maximum atomic E-state index is 4.52. The van der Waals surface area contributed by atoms with Gasteiger partial charge >= 0.3 is 0 Å². The number of rotatable bonds is 4. The van der Waals surface area contributed by atoms with Crippen molar-refractivity contribution in [3.05, 3.63) is 47.0 Å². The predicted molar refractivity (Wildman–Crippen MR) is 84.3 cm³/mol. The summed E-state index contributed by atoms with van der Waals surface area (Å²) in [5, 5.41) is 8.12. The Labute approximate surface area is 126 Å². The lowest BCUT2D eigenvalue weighted by molar-refractivity contribution is 0.465. The number of aryl methyl sites for hydroxylation is 4. The first-order chi connectivity index (χ1) is 10.2. The summed E-state index contributed by atoms with van der Waals surface area (Å²) in [6.07, 6.45) is 9.75. The van der Waals surface area contributed by atoms with Crippen LogP contribution in [0.25, 0.3) is 0 Å². The van der Waals surface area contributed by atoms with Crippen LogP contribution in [0.1, 0.15) is 35.4 Å². The van der Waals surface area contributed by atoms with Gasteiger partial charge in [0.1, 0.15) is 0 Å². The van der Waals surface area contributed by atoms with Crippen LogP contribution in [0.4, 0.5) is 0 Å². The van der Waals surface area contributed by atoms with Gasteiger partial charge in [-0.1, -0.05) is 6.07 Å². The van der Waals surface area contributed by atoms with Crippen molar-refractivity contribution in [1.82, 2.24) is 20.1 Å². The third-order valence-electron chi connectivity index (χ3n) is 4.42. The van der Waals surface area contributed by atoms with Crippen LogP contribution >= 0.6 is 0 Å². The number of fused-ring (bicyclic) bond motifs is 1. The van der Waals surface area contributed by atoms with Gasteiger partial charge in [0.05, 0.1) is 5.69 Å². The zero-order valence-electron chi connectivity index (χ0n) is 13.0. The van der Waals surface area contributed by atoms with Crippen molar-refractivity contribution in [3.63, 3.8) is 0 Å². The Morgan fingerprint density at radius 2 is 2.19 bits per heavy atom. The number of aromatic nitrogens is 3. The lowest BCUT2D eigenvalue weighted by Crippen LogP contribution is -2.31. The highest BCUT2D eigenvalue weighted by Gasteiger charge is 2.16. The van der Waals surface area contributed by atoms with E-state index in [1.54, 1.807) is 0 Å². The van der Waals surface area contributed by atoms with E-state index in [0.717, 1.165) is 31.5 Å². The summed E-state index contributed by atoms with van der Waals surface area (Å²) in [5.41, 5.74) is 5.23. The molecule has 0 amide bonds. The van der Waals surface area contributed by atoms with Crippen LogP contribution in [-0.2, 0) is 26.3 Å². The molecule has 1 unspecified atom stereocenters. The van der Waals surface area contributed by atoms with E-state index >= 15 is 0 Å². The minimum absolute atomic E-state index is 0.608. The highest BCUT2D eigenvalue weighted by molar-refractivity contribution is 5.21. The third-order valence-corrected chi connectivity index (χ3v) is 4.42. The summed E-state index contributed by atoms with van der Waals surface area (Å²) in [6, 6.07) is 4.89. The van der Waals surface area contributed by atoms with Crippen molar-refractivity contribution in [3.8, 4) is 0 Å². The summed E-state index contributed by atoms with van der Waals surface area (Å²) in [5.74, 6) is 0. The van der Waals surface area contributed by atoms with Crippen LogP contribution in [0.15, 0.2) is 24.5 Å². The van der Waals surface area contributed by atoms with Crippen molar-refractivity contribution < 1.29 is 0 Å². The first-order valence-corrected chi connectivity index (χ1v) is 7.87. The Bertz CT molecular complexity index is 576. The van der Waals surface area contributed by atoms with Gasteiger partial charge < -0.3 is 5.32 Å². The van der Waals surface area contributed by atoms with Crippen molar-refractivity contribution in [2.75, 3.05) is 6.54 Å². The van der Waals surface area contributed by atoms with Gasteiger partial charge in [0.25, 0.3) is 0 Å². The molecule has 0 aliphatic heterocycles. The van der Waals surface area contributed by atoms with Gasteiger partial charge in [0, 0.05) is 31.2 Å². The monoisotopic (exact) mass is 284 g/mol. The molecule has 0 radical (unpaired) electrons. The number of pyridine rings is 1. The highest BCUT2D eigenvalue weighted by atomic mass is 15.2. The molecule has 1 aliphatic carbocycles. The zero-order valence-corrected chi connectivity index (χ0v) is 13.0. The normalized spacial score (nSPS) is 18.3. The maximum absolute atomic E-state index is 4.52. The summed E-state index contributed by atoms with van der Waals surface area (Å²) in [6.45, 7) is 3.12. The fraction of sp³-hybridized carbons (Fsp3) is 0.529. The Balaban J connectivity index is 1.50.